The van der Waals surface area contributed by atoms with E-state index in [4.69, 9.17) is 0 Å². The standard InChI is InChI=1S/C28H29F3N6OS/c1-3-36-11-13-37(14-12-36)17-20-7-8-21(16-22(20)28(29,30)31)33-25(38)19-6-4-5-18(15-19)23-9-10-24-26(34-23)39-27(32-2)35-24/h4-10,15-16H,3,11-14,17H2,1-2H3,(H,32,35)(H,33,38). The van der Waals surface area contributed by atoms with Gasteiger partial charge in [-0.25, -0.2) is 9.97 Å². The van der Waals surface area contributed by atoms with E-state index in [9.17, 15) is 18.0 Å². The van der Waals surface area contributed by atoms with Gasteiger partial charge in [0, 0.05) is 56.6 Å². The van der Waals surface area contributed by atoms with Crippen LogP contribution in [-0.4, -0.2) is 65.4 Å². The van der Waals surface area contributed by atoms with E-state index in [0.29, 0.717) is 11.3 Å². The van der Waals surface area contributed by atoms with Crippen molar-refractivity contribution in [2.45, 2.75) is 19.6 Å². The number of hydrogen-bond donors (Lipinski definition) is 2. The van der Waals surface area contributed by atoms with Crippen LogP contribution in [0, 0.1) is 0 Å². The molecule has 0 unspecified atom stereocenters. The number of hydrogen-bond acceptors (Lipinski definition) is 7. The highest BCUT2D eigenvalue weighted by Gasteiger charge is 2.34. The van der Waals surface area contributed by atoms with E-state index in [1.165, 1.54) is 23.5 Å². The Labute approximate surface area is 228 Å². The Bertz CT molecular complexity index is 1480. The quantitative estimate of drug-likeness (QED) is 0.301. The Balaban J connectivity index is 1.33. The smallest absolute Gasteiger partial charge is 0.365 e. The van der Waals surface area contributed by atoms with Gasteiger partial charge >= 0.3 is 6.18 Å². The normalized spacial score (nSPS) is 15.0. The molecular weight excluding hydrogens is 525 g/mol. The maximum atomic E-state index is 14.0. The number of likely N-dealkylation sites (N-methyl/N-ethyl adjacent to an activating group) is 1. The van der Waals surface area contributed by atoms with Crippen molar-refractivity contribution >= 4 is 38.4 Å². The van der Waals surface area contributed by atoms with E-state index >= 15 is 0 Å². The molecule has 2 aromatic heterocycles. The molecule has 0 atom stereocenters. The van der Waals surface area contributed by atoms with Crippen molar-refractivity contribution in [1.29, 1.82) is 0 Å². The second kappa shape index (κ2) is 11.3. The van der Waals surface area contributed by atoms with Crippen molar-refractivity contribution in [3.05, 3.63) is 71.3 Å². The summed E-state index contributed by atoms with van der Waals surface area (Å²) in [5.74, 6) is -0.496. The molecule has 1 saturated heterocycles. The maximum absolute atomic E-state index is 14.0. The second-order valence-electron chi connectivity index (χ2n) is 9.40. The number of alkyl halides is 3. The SMILES string of the molecule is CCN1CCN(Cc2ccc(NC(=O)c3cccc(-c4ccc5nc(NC)sc5n4)c3)cc2C(F)(F)F)CC1. The van der Waals surface area contributed by atoms with Crippen LogP contribution >= 0.6 is 11.3 Å². The number of piperazine rings is 1. The minimum atomic E-state index is -4.53. The molecule has 2 aromatic carbocycles. The van der Waals surface area contributed by atoms with E-state index in [2.05, 4.69) is 32.4 Å². The number of pyridine rings is 1. The summed E-state index contributed by atoms with van der Waals surface area (Å²) >= 11 is 1.42. The first-order valence-electron chi connectivity index (χ1n) is 12.8. The zero-order chi connectivity index (χ0) is 27.6. The number of carbonyl (C=O) groups excluding carboxylic acids is 1. The van der Waals surface area contributed by atoms with Crippen LogP contribution in [-0.2, 0) is 12.7 Å². The first-order chi connectivity index (χ1) is 18.7. The lowest BCUT2D eigenvalue weighted by Gasteiger charge is -2.34. The number of fused-ring (bicyclic) bond motifs is 1. The highest BCUT2D eigenvalue weighted by molar-refractivity contribution is 7.21. The summed E-state index contributed by atoms with van der Waals surface area (Å²) < 4.78 is 41.9. The molecule has 0 spiro atoms. The minimum Gasteiger partial charge on any atom is -0.365 e. The molecule has 0 aliphatic carbocycles. The first kappa shape index (κ1) is 27.0. The summed E-state index contributed by atoms with van der Waals surface area (Å²) in [7, 11) is 1.79. The summed E-state index contributed by atoms with van der Waals surface area (Å²) in [6, 6.07) is 14.6. The van der Waals surface area contributed by atoms with E-state index < -0.39 is 17.6 Å². The molecule has 4 aromatic rings. The van der Waals surface area contributed by atoms with E-state index in [-0.39, 0.29) is 17.8 Å². The fraction of sp³-hybridized carbons (Fsp3) is 0.321. The van der Waals surface area contributed by atoms with E-state index in [1.54, 1.807) is 25.2 Å². The van der Waals surface area contributed by atoms with Gasteiger partial charge in [-0.2, -0.15) is 13.2 Å². The van der Waals surface area contributed by atoms with Gasteiger partial charge < -0.3 is 15.5 Å². The number of aromatic nitrogens is 2. The number of benzene rings is 2. The number of anilines is 2. The Kier molecular flexibility index (Phi) is 7.83. The molecule has 0 radical (unpaired) electrons. The van der Waals surface area contributed by atoms with Gasteiger partial charge in [0.1, 0.15) is 10.3 Å². The Morgan fingerprint density at radius 2 is 1.77 bits per heavy atom. The fourth-order valence-electron chi connectivity index (χ4n) is 4.67. The van der Waals surface area contributed by atoms with Crippen LogP contribution in [0.1, 0.15) is 28.4 Å². The summed E-state index contributed by atoms with van der Waals surface area (Å²) in [5, 5.41) is 6.40. The molecule has 0 saturated carbocycles. The molecule has 3 heterocycles. The van der Waals surface area contributed by atoms with Gasteiger partial charge in [-0.3, -0.25) is 9.69 Å². The van der Waals surface area contributed by atoms with Crippen molar-refractivity contribution in [2.24, 2.45) is 0 Å². The van der Waals surface area contributed by atoms with Crippen molar-refractivity contribution in [3.63, 3.8) is 0 Å². The lowest BCUT2D eigenvalue weighted by molar-refractivity contribution is -0.138. The van der Waals surface area contributed by atoms with Gasteiger partial charge in [0.15, 0.2) is 5.13 Å². The topological polar surface area (TPSA) is 73.4 Å². The van der Waals surface area contributed by atoms with Crippen LogP contribution in [0.3, 0.4) is 0 Å². The van der Waals surface area contributed by atoms with Crippen molar-refractivity contribution in [2.75, 3.05) is 50.4 Å². The number of nitrogens with zero attached hydrogens (tertiary/aromatic N) is 4. The molecule has 1 aliphatic heterocycles. The highest BCUT2D eigenvalue weighted by Crippen LogP contribution is 2.35. The number of amides is 1. The van der Waals surface area contributed by atoms with Crippen LogP contribution in [0.2, 0.25) is 0 Å². The van der Waals surface area contributed by atoms with Gasteiger partial charge in [0.25, 0.3) is 5.91 Å². The molecule has 5 rings (SSSR count). The molecule has 204 valence electrons. The fourth-order valence-corrected chi connectivity index (χ4v) is 5.46. The number of halogens is 3. The van der Waals surface area contributed by atoms with Crippen molar-refractivity contribution in [3.8, 4) is 11.3 Å². The lowest BCUT2D eigenvalue weighted by atomic mass is 10.0. The summed E-state index contributed by atoms with van der Waals surface area (Å²) in [4.78, 5) is 27.2. The van der Waals surface area contributed by atoms with Crippen LogP contribution in [0.15, 0.2) is 54.6 Å². The zero-order valence-corrected chi connectivity index (χ0v) is 22.5. The third-order valence-corrected chi connectivity index (χ3v) is 7.85. The molecule has 2 N–H and O–H groups in total. The van der Waals surface area contributed by atoms with Gasteiger partial charge in [-0.15, -0.1) is 0 Å². The number of thiazole rings is 1. The van der Waals surface area contributed by atoms with Crippen molar-refractivity contribution in [1.82, 2.24) is 19.8 Å². The molecule has 39 heavy (non-hydrogen) atoms. The first-order valence-corrected chi connectivity index (χ1v) is 13.6. The Morgan fingerprint density at radius 1 is 1.00 bits per heavy atom. The van der Waals surface area contributed by atoms with Crippen LogP contribution in [0.4, 0.5) is 24.0 Å². The van der Waals surface area contributed by atoms with Crippen LogP contribution in [0.5, 0.6) is 0 Å². The molecular formula is C28H29F3N6OS. The minimum absolute atomic E-state index is 0.0982. The molecule has 7 nitrogen and oxygen atoms in total. The molecule has 1 fully saturated rings. The highest BCUT2D eigenvalue weighted by atomic mass is 32.1. The molecule has 1 amide bonds. The van der Waals surface area contributed by atoms with Gasteiger partial charge in [-0.1, -0.05) is 36.5 Å². The Hall–Kier alpha value is -3.54. The average molecular weight is 555 g/mol. The average Bonchev–Trinajstić information content (AvgIpc) is 3.36. The van der Waals surface area contributed by atoms with Crippen molar-refractivity contribution < 1.29 is 18.0 Å². The number of rotatable bonds is 7. The van der Waals surface area contributed by atoms with Crippen LogP contribution < -0.4 is 10.6 Å². The van der Waals surface area contributed by atoms with Gasteiger partial charge in [0.2, 0.25) is 0 Å². The summed E-state index contributed by atoms with van der Waals surface area (Å²) in [6.45, 7) is 6.37. The van der Waals surface area contributed by atoms with E-state index in [0.717, 1.165) is 59.8 Å². The number of carbonyl (C=O) groups is 1. The summed E-state index contributed by atoms with van der Waals surface area (Å²) in [5.41, 5.74) is 2.06. The van der Waals surface area contributed by atoms with E-state index in [1.807, 2.05) is 23.1 Å². The predicted octanol–water partition coefficient (Wildman–Crippen LogP) is 5.81. The zero-order valence-electron chi connectivity index (χ0n) is 21.7. The Morgan fingerprint density at radius 3 is 2.49 bits per heavy atom. The maximum Gasteiger partial charge on any atom is 0.416 e. The lowest BCUT2D eigenvalue weighted by Crippen LogP contribution is -2.45. The molecule has 11 heteroatoms. The van der Waals surface area contributed by atoms with Crippen LogP contribution in [0.25, 0.3) is 21.6 Å². The second-order valence-corrected chi connectivity index (χ2v) is 10.4. The predicted molar refractivity (Wildman–Crippen MR) is 149 cm³/mol. The molecule has 0 bridgehead atoms. The monoisotopic (exact) mass is 554 g/mol. The van der Waals surface area contributed by atoms with Gasteiger partial charge in [-0.05, 0) is 48.5 Å². The molecule has 1 aliphatic rings. The third-order valence-electron chi connectivity index (χ3n) is 6.87. The number of nitrogens with one attached hydrogen (secondary N) is 2. The largest absolute Gasteiger partial charge is 0.416 e. The summed E-state index contributed by atoms with van der Waals surface area (Å²) in [6.07, 6.45) is -4.53. The third kappa shape index (κ3) is 6.21. The van der Waals surface area contributed by atoms with Gasteiger partial charge in [0.05, 0.1) is 11.3 Å².